The van der Waals surface area contributed by atoms with Crippen molar-refractivity contribution in [2.24, 2.45) is 0 Å². The molecule has 178 valence electrons. The number of sulfone groups is 1. The zero-order valence-electron chi connectivity index (χ0n) is 18.7. The fourth-order valence-corrected chi connectivity index (χ4v) is 4.56. The maximum absolute atomic E-state index is 13.0. The van der Waals surface area contributed by atoms with Crippen molar-refractivity contribution in [1.82, 2.24) is 4.57 Å². The number of hydrogen-bond acceptors (Lipinski definition) is 7. The fraction of sp³-hybridized carbons (Fsp3) is 0.217. The lowest BCUT2D eigenvalue weighted by Gasteiger charge is -2.14. The number of benzene rings is 2. The Bertz CT molecular complexity index is 1410. The van der Waals surface area contributed by atoms with Crippen LogP contribution in [-0.4, -0.2) is 42.0 Å². The van der Waals surface area contributed by atoms with E-state index in [-0.39, 0.29) is 5.56 Å². The van der Waals surface area contributed by atoms with Crippen molar-refractivity contribution in [3.63, 3.8) is 0 Å². The van der Waals surface area contributed by atoms with Gasteiger partial charge in [0.1, 0.15) is 4.90 Å². The molecule has 0 aliphatic heterocycles. The largest absolute Gasteiger partial charge is 0.451 e. The molecule has 3 rings (SSSR count). The summed E-state index contributed by atoms with van der Waals surface area (Å²) in [4.78, 5) is 35.5. The lowest BCUT2D eigenvalue weighted by molar-refractivity contribution is -0.387. The first-order valence-corrected chi connectivity index (χ1v) is 12.3. The monoisotopic (exact) mass is 504 g/mol. The number of ketones is 1. The molecule has 1 aromatic heterocycles. The van der Waals surface area contributed by atoms with Crippen LogP contribution in [0.3, 0.4) is 0 Å². The Morgan fingerprint density at radius 1 is 1.09 bits per heavy atom. The molecule has 11 heteroatoms. The van der Waals surface area contributed by atoms with Crippen LogP contribution >= 0.6 is 11.6 Å². The van der Waals surface area contributed by atoms with Gasteiger partial charge in [0.25, 0.3) is 5.69 Å². The Morgan fingerprint density at radius 2 is 1.71 bits per heavy atom. The number of aryl methyl sites for hydroxylation is 1. The predicted octanol–water partition coefficient (Wildman–Crippen LogP) is 4.49. The van der Waals surface area contributed by atoms with Crippen LogP contribution in [0.4, 0.5) is 5.69 Å². The van der Waals surface area contributed by atoms with E-state index in [4.69, 9.17) is 16.3 Å². The zero-order chi connectivity index (χ0) is 25.4. The quantitative estimate of drug-likeness (QED) is 0.201. The maximum Gasteiger partial charge on any atom is 0.339 e. The normalized spacial score (nSPS) is 12.3. The van der Waals surface area contributed by atoms with Gasteiger partial charge < -0.3 is 9.30 Å². The summed E-state index contributed by atoms with van der Waals surface area (Å²) < 4.78 is 30.7. The number of ether oxygens (including phenoxy) is 1. The summed E-state index contributed by atoms with van der Waals surface area (Å²) in [5.41, 5.74) is 1.59. The molecule has 0 spiro atoms. The fourth-order valence-electron chi connectivity index (χ4n) is 3.60. The molecule has 0 radical (unpaired) electrons. The summed E-state index contributed by atoms with van der Waals surface area (Å²) in [5, 5.41) is 11.9. The molecule has 0 saturated heterocycles. The summed E-state index contributed by atoms with van der Waals surface area (Å²) in [6.07, 6.45) is -0.366. The predicted molar refractivity (Wildman–Crippen MR) is 126 cm³/mol. The van der Waals surface area contributed by atoms with E-state index >= 15 is 0 Å². The van der Waals surface area contributed by atoms with Gasteiger partial charge in [0.2, 0.25) is 5.78 Å². The van der Waals surface area contributed by atoms with Crippen molar-refractivity contribution < 1.29 is 27.7 Å². The summed E-state index contributed by atoms with van der Waals surface area (Å²) in [6.45, 7) is 4.99. The molecule has 0 aliphatic rings. The summed E-state index contributed by atoms with van der Waals surface area (Å²) in [5.74, 6) is -1.44. The molecule has 34 heavy (non-hydrogen) atoms. The Hall–Kier alpha value is -3.50. The highest BCUT2D eigenvalue weighted by Gasteiger charge is 2.28. The van der Waals surface area contributed by atoms with Crippen molar-refractivity contribution in [2.45, 2.75) is 31.8 Å². The Morgan fingerprint density at radius 3 is 2.26 bits per heavy atom. The van der Waals surface area contributed by atoms with Crippen molar-refractivity contribution in [3.8, 4) is 5.69 Å². The zero-order valence-corrected chi connectivity index (χ0v) is 20.3. The Labute approximate surface area is 201 Å². The molecular formula is C23H21ClN2O7S. The number of nitro benzene ring substituents is 1. The molecule has 0 saturated carbocycles. The van der Waals surface area contributed by atoms with E-state index in [9.17, 15) is 28.1 Å². The number of Topliss-reactive ketones (excluding diaryl/α,β-unsaturated/α-hetero) is 1. The highest BCUT2D eigenvalue weighted by Crippen LogP contribution is 2.27. The van der Waals surface area contributed by atoms with E-state index in [1.165, 1.54) is 6.92 Å². The molecule has 3 aromatic rings. The van der Waals surface area contributed by atoms with Gasteiger partial charge >= 0.3 is 5.97 Å². The second kappa shape index (κ2) is 9.40. The van der Waals surface area contributed by atoms with E-state index < -0.39 is 43.2 Å². The van der Waals surface area contributed by atoms with Crippen molar-refractivity contribution in [2.75, 3.05) is 6.26 Å². The SMILES string of the molecule is Cc1cc(C(=O)[C@@H](C)OC(=O)c2ccc(S(C)(=O)=O)c([N+](=O)[O-])c2)c(C)n1-c1ccc(Cl)cc1. The number of nitrogens with zero attached hydrogens (tertiary/aromatic N) is 2. The second-order valence-electron chi connectivity index (χ2n) is 7.72. The number of nitro groups is 1. The van der Waals surface area contributed by atoms with Crippen LogP contribution in [0.5, 0.6) is 0 Å². The van der Waals surface area contributed by atoms with Gasteiger partial charge in [-0.3, -0.25) is 14.9 Å². The smallest absolute Gasteiger partial charge is 0.339 e. The van der Waals surface area contributed by atoms with Gasteiger partial charge in [-0.25, -0.2) is 13.2 Å². The van der Waals surface area contributed by atoms with Crippen molar-refractivity contribution in [3.05, 3.63) is 86.2 Å². The molecular weight excluding hydrogens is 484 g/mol. The summed E-state index contributed by atoms with van der Waals surface area (Å²) in [7, 11) is -3.88. The third-order valence-electron chi connectivity index (χ3n) is 5.23. The van der Waals surface area contributed by atoms with Gasteiger partial charge in [-0.2, -0.15) is 0 Å². The molecule has 0 amide bonds. The van der Waals surface area contributed by atoms with E-state index in [1.807, 2.05) is 23.6 Å². The van der Waals surface area contributed by atoms with Gasteiger partial charge in [0, 0.05) is 40.0 Å². The van der Waals surface area contributed by atoms with Gasteiger partial charge in [-0.1, -0.05) is 11.6 Å². The van der Waals surface area contributed by atoms with Crippen LogP contribution in [0.25, 0.3) is 5.69 Å². The number of rotatable bonds is 7. The maximum atomic E-state index is 13.0. The highest BCUT2D eigenvalue weighted by atomic mass is 35.5. The van der Waals surface area contributed by atoms with Gasteiger partial charge in [0.05, 0.1) is 10.5 Å². The van der Waals surface area contributed by atoms with Crippen LogP contribution < -0.4 is 0 Å². The van der Waals surface area contributed by atoms with Crippen LogP contribution in [0, 0.1) is 24.0 Å². The number of halogens is 1. The first-order chi connectivity index (χ1) is 15.8. The third kappa shape index (κ3) is 5.02. The Balaban J connectivity index is 1.86. The molecule has 0 N–H and O–H groups in total. The first-order valence-electron chi connectivity index (χ1n) is 10.00. The van der Waals surface area contributed by atoms with Crippen LogP contribution in [0.1, 0.15) is 39.0 Å². The summed E-state index contributed by atoms with van der Waals surface area (Å²) in [6, 6.07) is 11.7. The molecule has 2 aromatic carbocycles. The van der Waals surface area contributed by atoms with Crippen molar-refractivity contribution >= 4 is 38.9 Å². The minimum atomic E-state index is -3.88. The topological polar surface area (TPSA) is 126 Å². The molecule has 0 unspecified atom stereocenters. The number of carbonyl (C=O) groups is 2. The standard InChI is InChI=1S/C23H21ClN2O7S/c1-13-11-19(14(2)25(13)18-8-6-17(24)7-9-18)22(27)15(3)33-23(28)16-5-10-21(34(4,31)32)20(12-16)26(29)30/h5-12,15H,1-4H3/t15-/m1/s1. The number of aromatic nitrogens is 1. The first kappa shape index (κ1) is 25.1. The molecule has 1 heterocycles. The lowest BCUT2D eigenvalue weighted by atomic mass is 10.1. The van der Waals surface area contributed by atoms with E-state index in [1.54, 1.807) is 25.1 Å². The average Bonchev–Trinajstić information content (AvgIpc) is 3.06. The van der Waals surface area contributed by atoms with E-state index in [2.05, 4.69) is 0 Å². The van der Waals surface area contributed by atoms with E-state index in [0.29, 0.717) is 16.3 Å². The van der Waals surface area contributed by atoms with E-state index in [0.717, 1.165) is 35.8 Å². The van der Waals surface area contributed by atoms with Crippen LogP contribution in [0.2, 0.25) is 5.02 Å². The molecule has 1 atom stereocenters. The van der Waals surface area contributed by atoms with Crippen molar-refractivity contribution in [1.29, 1.82) is 0 Å². The van der Waals surface area contributed by atoms with Gasteiger partial charge in [-0.15, -0.1) is 0 Å². The average molecular weight is 505 g/mol. The minimum Gasteiger partial charge on any atom is -0.451 e. The third-order valence-corrected chi connectivity index (χ3v) is 6.62. The number of carbonyl (C=O) groups excluding carboxylic acids is 2. The number of esters is 1. The lowest BCUT2D eigenvalue weighted by Crippen LogP contribution is -2.25. The number of hydrogen-bond donors (Lipinski definition) is 0. The highest BCUT2D eigenvalue weighted by molar-refractivity contribution is 7.90. The molecule has 0 bridgehead atoms. The van der Waals surface area contributed by atoms with Crippen LogP contribution in [-0.2, 0) is 14.6 Å². The van der Waals surface area contributed by atoms with Gasteiger partial charge in [-0.05, 0) is 63.2 Å². The molecule has 9 nitrogen and oxygen atoms in total. The Kier molecular flexibility index (Phi) is 6.94. The summed E-state index contributed by atoms with van der Waals surface area (Å²) >= 11 is 5.95. The minimum absolute atomic E-state index is 0.245. The molecule has 0 fully saturated rings. The second-order valence-corrected chi connectivity index (χ2v) is 10.1. The van der Waals surface area contributed by atoms with Crippen LogP contribution in [0.15, 0.2) is 53.4 Å². The molecule has 0 aliphatic carbocycles. The van der Waals surface area contributed by atoms with Gasteiger partial charge in [0.15, 0.2) is 15.9 Å².